The molecule has 0 aliphatic heterocycles. The van der Waals surface area contributed by atoms with E-state index in [0.29, 0.717) is 17.4 Å². The van der Waals surface area contributed by atoms with Crippen molar-refractivity contribution in [2.24, 2.45) is 7.05 Å². The van der Waals surface area contributed by atoms with Crippen LogP contribution in [0.1, 0.15) is 22.0 Å². The van der Waals surface area contributed by atoms with Crippen LogP contribution in [0.3, 0.4) is 0 Å². The molecular formula is C25H22ClN5OS2. The van der Waals surface area contributed by atoms with Gasteiger partial charge in [-0.2, -0.15) is 5.10 Å². The number of benzene rings is 1. The summed E-state index contributed by atoms with van der Waals surface area (Å²) < 4.78 is 9.33. The van der Waals surface area contributed by atoms with Crippen molar-refractivity contribution in [1.29, 1.82) is 0 Å². The standard InChI is InChI=1S/C25H22ClN5OS2/c1-14-10-18(21-8-9-28-31(21)4)17-6-5-7-22(24(17)29-14)32-13-19-20(26)11-27-12-23(19)34-25-15(2)30-16(3)33-25/h5-12H,13H2,1-4H3. The summed E-state index contributed by atoms with van der Waals surface area (Å²) in [6, 6.07) is 10.1. The van der Waals surface area contributed by atoms with Gasteiger partial charge in [0.2, 0.25) is 0 Å². The van der Waals surface area contributed by atoms with Gasteiger partial charge in [-0.05, 0) is 39.0 Å². The van der Waals surface area contributed by atoms with Gasteiger partial charge < -0.3 is 4.74 Å². The highest BCUT2D eigenvalue weighted by atomic mass is 35.5. The van der Waals surface area contributed by atoms with Crippen molar-refractivity contribution in [3.63, 3.8) is 0 Å². The van der Waals surface area contributed by atoms with Crippen LogP contribution in [0, 0.1) is 20.8 Å². The lowest BCUT2D eigenvalue weighted by atomic mass is 10.0. The van der Waals surface area contributed by atoms with E-state index in [9.17, 15) is 0 Å². The second-order valence-corrected chi connectivity index (χ2v) is 10.8. The maximum absolute atomic E-state index is 6.57. The lowest BCUT2D eigenvalue weighted by molar-refractivity contribution is 0.306. The highest BCUT2D eigenvalue weighted by molar-refractivity contribution is 8.01. The highest BCUT2D eigenvalue weighted by Gasteiger charge is 2.16. The Morgan fingerprint density at radius 3 is 2.71 bits per heavy atom. The maximum atomic E-state index is 6.57. The summed E-state index contributed by atoms with van der Waals surface area (Å²) in [5, 5.41) is 6.95. The van der Waals surface area contributed by atoms with Gasteiger partial charge in [0.25, 0.3) is 0 Å². The smallest absolute Gasteiger partial charge is 0.146 e. The quantitative estimate of drug-likeness (QED) is 0.252. The Labute approximate surface area is 211 Å². The van der Waals surface area contributed by atoms with Crippen molar-refractivity contribution in [3.8, 4) is 17.0 Å². The number of rotatable bonds is 6. The molecule has 5 aromatic rings. The highest BCUT2D eigenvalue weighted by Crippen LogP contribution is 2.39. The summed E-state index contributed by atoms with van der Waals surface area (Å²) in [6.07, 6.45) is 5.28. The summed E-state index contributed by atoms with van der Waals surface area (Å²) in [5.74, 6) is 0.707. The monoisotopic (exact) mass is 507 g/mol. The number of aryl methyl sites for hydroxylation is 4. The third kappa shape index (κ3) is 4.41. The second-order valence-electron chi connectivity index (χ2n) is 7.90. The minimum Gasteiger partial charge on any atom is -0.487 e. The number of para-hydroxylation sites is 1. The van der Waals surface area contributed by atoms with Crippen molar-refractivity contribution in [2.45, 2.75) is 36.5 Å². The normalized spacial score (nSPS) is 11.3. The Morgan fingerprint density at radius 1 is 1.12 bits per heavy atom. The topological polar surface area (TPSA) is 65.7 Å². The zero-order chi connectivity index (χ0) is 23.8. The first kappa shape index (κ1) is 22.8. The second kappa shape index (κ2) is 9.37. The van der Waals surface area contributed by atoms with Crippen LogP contribution >= 0.6 is 34.7 Å². The number of aromatic nitrogens is 5. The van der Waals surface area contributed by atoms with Gasteiger partial charge in [0.05, 0.1) is 25.6 Å². The molecular weight excluding hydrogens is 486 g/mol. The molecule has 34 heavy (non-hydrogen) atoms. The molecule has 4 aromatic heterocycles. The Bertz CT molecular complexity index is 1510. The van der Waals surface area contributed by atoms with Crippen LogP contribution in [-0.4, -0.2) is 24.7 Å². The first-order valence-corrected chi connectivity index (χ1v) is 12.7. The molecule has 0 aliphatic rings. The van der Waals surface area contributed by atoms with Gasteiger partial charge in [-0.25, -0.2) is 9.97 Å². The molecule has 0 fully saturated rings. The molecule has 6 nitrogen and oxygen atoms in total. The van der Waals surface area contributed by atoms with Crippen molar-refractivity contribution in [1.82, 2.24) is 24.7 Å². The summed E-state index contributed by atoms with van der Waals surface area (Å²) in [7, 11) is 1.94. The summed E-state index contributed by atoms with van der Waals surface area (Å²) in [5.41, 5.74) is 5.72. The van der Waals surface area contributed by atoms with Gasteiger partial charge in [-0.15, -0.1) is 11.3 Å². The Hall–Kier alpha value is -2.94. The molecule has 4 heterocycles. The number of ether oxygens (including phenoxy) is 1. The van der Waals surface area contributed by atoms with Crippen molar-refractivity contribution in [2.75, 3.05) is 0 Å². The first-order valence-electron chi connectivity index (χ1n) is 10.7. The molecule has 1 aromatic carbocycles. The lowest BCUT2D eigenvalue weighted by Gasteiger charge is -2.15. The van der Waals surface area contributed by atoms with E-state index in [1.807, 2.05) is 56.9 Å². The van der Waals surface area contributed by atoms with E-state index in [2.05, 4.69) is 27.2 Å². The zero-order valence-electron chi connectivity index (χ0n) is 19.2. The fourth-order valence-electron chi connectivity index (χ4n) is 3.85. The third-order valence-corrected chi connectivity index (χ3v) is 8.17. The summed E-state index contributed by atoms with van der Waals surface area (Å²) >= 11 is 9.86. The van der Waals surface area contributed by atoms with Crippen molar-refractivity contribution in [3.05, 3.63) is 75.9 Å². The number of thiazole rings is 1. The van der Waals surface area contributed by atoms with Gasteiger partial charge in [0, 0.05) is 52.7 Å². The van der Waals surface area contributed by atoms with Crippen LogP contribution in [0.4, 0.5) is 0 Å². The Balaban J connectivity index is 1.50. The van der Waals surface area contributed by atoms with E-state index >= 15 is 0 Å². The van der Waals surface area contributed by atoms with Gasteiger partial charge in [-0.3, -0.25) is 9.67 Å². The molecule has 0 amide bonds. The molecule has 172 valence electrons. The SMILES string of the molecule is Cc1cc(-c2ccnn2C)c2cccc(OCc3c(Cl)cncc3Sc3sc(C)nc3C)c2n1. The number of hydrogen-bond donors (Lipinski definition) is 0. The molecule has 9 heteroatoms. The number of hydrogen-bond acceptors (Lipinski definition) is 7. The third-order valence-electron chi connectivity index (χ3n) is 5.43. The van der Waals surface area contributed by atoms with Crippen LogP contribution in [0.25, 0.3) is 22.2 Å². The van der Waals surface area contributed by atoms with Crippen molar-refractivity contribution < 1.29 is 4.74 Å². The maximum Gasteiger partial charge on any atom is 0.146 e. The predicted molar refractivity (Wildman–Crippen MR) is 138 cm³/mol. The molecule has 0 saturated carbocycles. The van der Waals surface area contributed by atoms with E-state index in [4.69, 9.17) is 21.3 Å². The molecule has 0 N–H and O–H groups in total. The minimum absolute atomic E-state index is 0.302. The number of pyridine rings is 2. The van der Waals surface area contributed by atoms with Crippen LogP contribution in [0.5, 0.6) is 5.75 Å². The number of halogens is 1. The number of nitrogens with zero attached hydrogens (tertiary/aromatic N) is 5. The average molecular weight is 508 g/mol. The molecule has 0 unspecified atom stereocenters. The molecule has 5 rings (SSSR count). The predicted octanol–water partition coefficient (Wildman–Crippen LogP) is 6.80. The van der Waals surface area contributed by atoms with E-state index in [1.54, 1.807) is 35.5 Å². The van der Waals surface area contributed by atoms with E-state index in [1.165, 1.54) is 0 Å². The zero-order valence-corrected chi connectivity index (χ0v) is 21.6. The summed E-state index contributed by atoms with van der Waals surface area (Å²) in [6.45, 7) is 6.32. The van der Waals surface area contributed by atoms with E-state index in [-0.39, 0.29) is 0 Å². The molecule has 0 radical (unpaired) electrons. The van der Waals surface area contributed by atoms with Gasteiger partial charge in [-0.1, -0.05) is 35.5 Å². The minimum atomic E-state index is 0.302. The number of fused-ring (bicyclic) bond motifs is 1. The van der Waals surface area contributed by atoms with Gasteiger partial charge >= 0.3 is 0 Å². The largest absolute Gasteiger partial charge is 0.487 e. The molecule has 0 aliphatic carbocycles. The van der Waals surface area contributed by atoms with Crippen molar-refractivity contribution >= 4 is 45.6 Å². The Kier molecular flexibility index (Phi) is 6.29. The van der Waals surface area contributed by atoms with Crippen LogP contribution in [0.2, 0.25) is 5.02 Å². The van der Waals surface area contributed by atoms with Gasteiger partial charge in [0.1, 0.15) is 17.9 Å². The lowest BCUT2D eigenvalue weighted by Crippen LogP contribution is -2.01. The van der Waals surface area contributed by atoms with Crippen LogP contribution in [-0.2, 0) is 13.7 Å². The fourth-order valence-corrected chi connectivity index (χ4v) is 6.36. The van der Waals surface area contributed by atoms with E-state index < -0.39 is 0 Å². The molecule has 0 spiro atoms. The molecule has 0 atom stereocenters. The molecule has 0 saturated heterocycles. The van der Waals surface area contributed by atoms with E-state index in [0.717, 1.165) is 53.2 Å². The molecule has 0 bridgehead atoms. The summed E-state index contributed by atoms with van der Waals surface area (Å²) in [4.78, 5) is 14.6. The average Bonchev–Trinajstić information content (AvgIpc) is 3.36. The van der Waals surface area contributed by atoms with Crippen LogP contribution in [0.15, 0.2) is 58.0 Å². The fraction of sp³-hybridized carbons (Fsp3) is 0.200. The Morgan fingerprint density at radius 2 is 1.97 bits per heavy atom. The first-order chi connectivity index (χ1) is 16.4. The van der Waals surface area contributed by atoms with Gasteiger partial charge in [0.15, 0.2) is 0 Å². The van der Waals surface area contributed by atoms with Crippen LogP contribution < -0.4 is 4.74 Å².